The van der Waals surface area contributed by atoms with Crippen LogP contribution in [0.25, 0.3) is 0 Å². The number of hydrogen-bond acceptors (Lipinski definition) is 5. The van der Waals surface area contributed by atoms with Gasteiger partial charge in [-0.25, -0.2) is 0 Å². The van der Waals surface area contributed by atoms with Gasteiger partial charge >= 0.3 is 0 Å². The molecule has 27 heavy (non-hydrogen) atoms. The van der Waals surface area contributed by atoms with Crippen molar-refractivity contribution >= 4 is 11.6 Å². The summed E-state index contributed by atoms with van der Waals surface area (Å²) in [4.78, 5) is 25.6. The monoisotopic (exact) mass is 370 g/mol. The van der Waals surface area contributed by atoms with Gasteiger partial charge in [-0.2, -0.15) is 0 Å². The first-order valence-electron chi connectivity index (χ1n) is 8.93. The lowest BCUT2D eigenvalue weighted by atomic mass is 10.1. The molecule has 0 aliphatic carbocycles. The van der Waals surface area contributed by atoms with Crippen molar-refractivity contribution in [1.29, 1.82) is 0 Å². The van der Waals surface area contributed by atoms with Crippen LogP contribution < -0.4 is 9.47 Å². The second-order valence-corrected chi connectivity index (χ2v) is 6.39. The van der Waals surface area contributed by atoms with Gasteiger partial charge in [0.05, 0.1) is 18.1 Å². The number of carbonyl (C=O) groups is 1. The molecule has 0 aromatic heterocycles. The fourth-order valence-electron chi connectivity index (χ4n) is 3.17. The van der Waals surface area contributed by atoms with Crippen molar-refractivity contribution in [3.63, 3.8) is 0 Å². The van der Waals surface area contributed by atoms with Gasteiger partial charge in [0.1, 0.15) is 0 Å². The fourth-order valence-corrected chi connectivity index (χ4v) is 3.17. The van der Waals surface area contributed by atoms with Crippen LogP contribution in [0.2, 0.25) is 0 Å². The van der Waals surface area contributed by atoms with Crippen molar-refractivity contribution in [2.45, 2.75) is 25.4 Å². The fraction of sp³-hybridized carbons (Fsp3) is 0.350. The van der Waals surface area contributed by atoms with Crippen LogP contribution in [0.1, 0.15) is 30.9 Å². The first-order chi connectivity index (χ1) is 13.1. The molecule has 2 aromatic carbocycles. The largest absolute Gasteiger partial charge is 0.493 e. The van der Waals surface area contributed by atoms with E-state index in [9.17, 15) is 14.9 Å². The average molecular weight is 370 g/mol. The standard InChI is InChI=1S/C20H22N2O5/c1-26-17-11-10-16(22(24)25)14-18(17)27-19(15-8-4-2-5-9-15)20(23)21-12-6-3-7-13-21/h2,4-5,8-11,14,19H,3,6-7,12-13H2,1H3/t19-/m0/s1. The summed E-state index contributed by atoms with van der Waals surface area (Å²) < 4.78 is 11.3. The second kappa shape index (κ2) is 8.53. The lowest BCUT2D eigenvalue weighted by Gasteiger charge is -2.31. The molecule has 1 aliphatic heterocycles. The molecule has 1 atom stereocenters. The van der Waals surface area contributed by atoms with Gasteiger partial charge in [0.25, 0.3) is 11.6 Å². The van der Waals surface area contributed by atoms with Crippen molar-refractivity contribution in [3.8, 4) is 11.5 Å². The third kappa shape index (κ3) is 4.36. The molecule has 0 unspecified atom stereocenters. The Bertz CT molecular complexity index is 803. The summed E-state index contributed by atoms with van der Waals surface area (Å²) in [6, 6.07) is 13.3. The van der Waals surface area contributed by atoms with E-state index in [1.807, 2.05) is 30.3 Å². The van der Waals surface area contributed by atoms with Crippen LogP contribution in [0.15, 0.2) is 48.5 Å². The van der Waals surface area contributed by atoms with E-state index < -0.39 is 11.0 Å². The van der Waals surface area contributed by atoms with Gasteiger partial charge in [-0.05, 0) is 25.3 Å². The highest BCUT2D eigenvalue weighted by atomic mass is 16.6. The molecule has 7 heteroatoms. The third-order valence-corrected chi connectivity index (χ3v) is 4.60. The van der Waals surface area contributed by atoms with Crippen molar-refractivity contribution in [2.75, 3.05) is 20.2 Å². The molecule has 142 valence electrons. The Morgan fingerprint density at radius 1 is 1.07 bits per heavy atom. The molecular weight excluding hydrogens is 348 g/mol. The highest BCUT2D eigenvalue weighted by molar-refractivity contribution is 5.83. The maximum absolute atomic E-state index is 13.1. The van der Waals surface area contributed by atoms with Crippen LogP contribution in [0.4, 0.5) is 5.69 Å². The number of piperidine rings is 1. The molecule has 7 nitrogen and oxygen atoms in total. The molecule has 1 amide bonds. The average Bonchev–Trinajstić information content (AvgIpc) is 2.72. The van der Waals surface area contributed by atoms with Crippen molar-refractivity contribution in [3.05, 3.63) is 64.2 Å². The maximum atomic E-state index is 13.1. The predicted molar refractivity (Wildman–Crippen MR) is 99.9 cm³/mol. The summed E-state index contributed by atoms with van der Waals surface area (Å²) >= 11 is 0. The Kier molecular flexibility index (Phi) is 5.90. The van der Waals surface area contributed by atoms with E-state index in [0.717, 1.165) is 19.3 Å². The van der Waals surface area contributed by atoms with Crippen molar-refractivity contribution in [2.24, 2.45) is 0 Å². The Labute approximate surface area is 157 Å². The van der Waals surface area contributed by atoms with Gasteiger partial charge < -0.3 is 14.4 Å². The molecular formula is C20H22N2O5. The van der Waals surface area contributed by atoms with Crippen LogP contribution in [-0.4, -0.2) is 35.9 Å². The number of nitro groups is 1. The molecule has 0 radical (unpaired) electrons. The summed E-state index contributed by atoms with van der Waals surface area (Å²) in [5.41, 5.74) is 0.574. The molecule has 1 aliphatic rings. The number of hydrogen-bond donors (Lipinski definition) is 0. The molecule has 1 heterocycles. The Hall–Kier alpha value is -3.09. The van der Waals surface area contributed by atoms with E-state index in [1.165, 1.54) is 25.3 Å². The van der Waals surface area contributed by atoms with Crippen LogP contribution in [-0.2, 0) is 4.79 Å². The second-order valence-electron chi connectivity index (χ2n) is 6.39. The summed E-state index contributed by atoms with van der Waals surface area (Å²) in [7, 11) is 1.46. The first kappa shape index (κ1) is 18.7. The lowest BCUT2D eigenvalue weighted by molar-refractivity contribution is -0.385. The number of nitro benzene ring substituents is 1. The van der Waals surface area contributed by atoms with Gasteiger partial charge in [0.2, 0.25) is 6.10 Å². The molecule has 0 spiro atoms. The zero-order valence-corrected chi connectivity index (χ0v) is 15.2. The number of ether oxygens (including phenoxy) is 2. The Morgan fingerprint density at radius 2 is 1.78 bits per heavy atom. The number of likely N-dealkylation sites (tertiary alicyclic amines) is 1. The van der Waals surface area contributed by atoms with E-state index in [-0.39, 0.29) is 17.3 Å². The molecule has 1 saturated heterocycles. The number of rotatable bonds is 6. The molecule has 0 saturated carbocycles. The summed E-state index contributed by atoms with van der Waals surface area (Å²) in [5.74, 6) is 0.369. The number of benzene rings is 2. The summed E-state index contributed by atoms with van der Waals surface area (Å²) in [6.07, 6.45) is 2.15. The summed E-state index contributed by atoms with van der Waals surface area (Å²) in [5, 5.41) is 11.1. The van der Waals surface area contributed by atoms with E-state index in [0.29, 0.717) is 24.4 Å². The SMILES string of the molecule is COc1ccc([N+](=O)[O-])cc1O[C@H](C(=O)N1CCCCC1)c1ccccc1. The van der Waals surface area contributed by atoms with Crippen LogP contribution >= 0.6 is 0 Å². The van der Waals surface area contributed by atoms with E-state index in [4.69, 9.17) is 9.47 Å². The minimum Gasteiger partial charge on any atom is -0.493 e. The van der Waals surface area contributed by atoms with Gasteiger partial charge in [0.15, 0.2) is 11.5 Å². The normalized spacial score (nSPS) is 15.1. The predicted octanol–water partition coefficient (Wildman–Crippen LogP) is 3.74. The molecule has 1 fully saturated rings. The lowest BCUT2D eigenvalue weighted by Crippen LogP contribution is -2.40. The first-order valence-corrected chi connectivity index (χ1v) is 8.93. The van der Waals surface area contributed by atoms with Gasteiger partial charge in [0, 0.05) is 24.7 Å². The molecule has 2 aromatic rings. The van der Waals surface area contributed by atoms with Crippen LogP contribution in [0.3, 0.4) is 0 Å². The zero-order valence-electron chi connectivity index (χ0n) is 15.2. The molecule has 0 N–H and O–H groups in total. The number of amides is 1. The van der Waals surface area contributed by atoms with Crippen molar-refractivity contribution in [1.82, 2.24) is 4.90 Å². The Morgan fingerprint density at radius 3 is 2.41 bits per heavy atom. The highest BCUT2D eigenvalue weighted by Gasteiger charge is 2.30. The smallest absolute Gasteiger partial charge is 0.273 e. The quantitative estimate of drug-likeness (QED) is 0.571. The van der Waals surface area contributed by atoms with Crippen LogP contribution in [0, 0.1) is 10.1 Å². The van der Waals surface area contributed by atoms with Gasteiger partial charge in [-0.1, -0.05) is 30.3 Å². The number of non-ortho nitro benzene ring substituents is 1. The Balaban J connectivity index is 1.95. The summed E-state index contributed by atoms with van der Waals surface area (Å²) in [6.45, 7) is 1.38. The van der Waals surface area contributed by atoms with Gasteiger partial charge in [-0.3, -0.25) is 14.9 Å². The number of carbonyl (C=O) groups excluding carboxylic acids is 1. The number of methoxy groups -OCH3 is 1. The van der Waals surface area contributed by atoms with Crippen molar-refractivity contribution < 1.29 is 19.2 Å². The van der Waals surface area contributed by atoms with Gasteiger partial charge in [-0.15, -0.1) is 0 Å². The number of nitrogens with zero attached hydrogens (tertiary/aromatic N) is 2. The van der Waals surface area contributed by atoms with Crippen LogP contribution in [0.5, 0.6) is 11.5 Å². The van der Waals surface area contributed by atoms with E-state index >= 15 is 0 Å². The third-order valence-electron chi connectivity index (χ3n) is 4.60. The highest BCUT2D eigenvalue weighted by Crippen LogP contribution is 2.35. The molecule has 0 bridgehead atoms. The zero-order chi connectivity index (χ0) is 19.2. The minimum atomic E-state index is -0.889. The molecule has 3 rings (SSSR count). The maximum Gasteiger partial charge on any atom is 0.273 e. The minimum absolute atomic E-state index is 0.122. The van der Waals surface area contributed by atoms with E-state index in [1.54, 1.807) is 4.90 Å². The van der Waals surface area contributed by atoms with E-state index in [2.05, 4.69) is 0 Å². The topological polar surface area (TPSA) is 81.9 Å².